The van der Waals surface area contributed by atoms with Gasteiger partial charge in [0.15, 0.2) is 0 Å². The average molecular weight is 226 g/mol. The Kier molecular flexibility index (Phi) is 6.07. The van der Waals surface area contributed by atoms with Crippen molar-refractivity contribution in [3.8, 4) is 0 Å². The molecule has 0 rings (SSSR count). The van der Waals surface area contributed by atoms with Crippen LogP contribution < -0.4 is 0 Å². The second kappa shape index (κ2) is 6.07. The van der Waals surface area contributed by atoms with Crippen molar-refractivity contribution in [3.05, 3.63) is 0 Å². The molecule has 0 nitrogen and oxygen atoms in total. The van der Waals surface area contributed by atoms with Crippen molar-refractivity contribution in [2.24, 2.45) is 35.0 Å². The molecule has 3 unspecified atom stereocenters. The SMILES string of the molecule is CC(C)C(C)C(C)C(C)CC(C)(C)C(C)C. The summed E-state index contributed by atoms with van der Waals surface area (Å²) < 4.78 is 0. The molecular formula is C16H34. The molecule has 16 heavy (non-hydrogen) atoms. The Hall–Kier alpha value is 0. The van der Waals surface area contributed by atoms with Crippen molar-refractivity contribution < 1.29 is 0 Å². The molecule has 0 N–H and O–H groups in total. The summed E-state index contributed by atoms with van der Waals surface area (Å²) in [5, 5.41) is 0. The molecule has 0 aromatic rings. The lowest BCUT2D eigenvalue weighted by Gasteiger charge is -2.37. The van der Waals surface area contributed by atoms with E-state index in [1.165, 1.54) is 6.42 Å². The Bertz CT molecular complexity index is 188. The van der Waals surface area contributed by atoms with E-state index in [-0.39, 0.29) is 0 Å². The summed E-state index contributed by atoms with van der Waals surface area (Å²) in [6, 6.07) is 0. The van der Waals surface area contributed by atoms with Crippen LogP contribution in [0.2, 0.25) is 0 Å². The first kappa shape index (κ1) is 16.0. The summed E-state index contributed by atoms with van der Waals surface area (Å²) in [4.78, 5) is 0. The second-order valence-electron chi connectivity index (χ2n) is 7.29. The molecule has 0 amide bonds. The van der Waals surface area contributed by atoms with Crippen LogP contribution in [-0.4, -0.2) is 0 Å². The Morgan fingerprint density at radius 1 is 0.750 bits per heavy atom. The summed E-state index contributed by atoms with van der Waals surface area (Å²) in [6.07, 6.45) is 1.35. The van der Waals surface area contributed by atoms with Gasteiger partial charge in [-0.25, -0.2) is 0 Å². The minimum Gasteiger partial charge on any atom is -0.0625 e. The van der Waals surface area contributed by atoms with Crippen LogP contribution in [0.3, 0.4) is 0 Å². The molecule has 0 saturated carbocycles. The molecule has 98 valence electrons. The van der Waals surface area contributed by atoms with Crippen molar-refractivity contribution in [2.45, 2.75) is 68.7 Å². The van der Waals surface area contributed by atoms with Gasteiger partial charge in [0, 0.05) is 0 Å². The zero-order chi connectivity index (χ0) is 13.1. The van der Waals surface area contributed by atoms with Gasteiger partial charge in [0.2, 0.25) is 0 Å². The van der Waals surface area contributed by atoms with Crippen LogP contribution in [0.15, 0.2) is 0 Å². The van der Waals surface area contributed by atoms with Gasteiger partial charge in [-0.15, -0.1) is 0 Å². The fourth-order valence-corrected chi connectivity index (χ4v) is 2.38. The molecule has 0 heterocycles. The highest BCUT2D eigenvalue weighted by Gasteiger charge is 2.29. The first-order valence-electron chi connectivity index (χ1n) is 7.09. The molecule has 0 aliphatic carbocycles. The molecule has 0 fully saturated rings. The first-order valence-corrected chi connectivity index (χ1v) is 7.09. The number of rotatable bonds is 6. The fourth-order valence-electron chi connectivity index (χ4n) is 2.38. The van der Waals surface area contributed by atoms with Crippen molar-refractivity contribution >= 4 is 0 Å². The maximum Gasteiger partial charge on any atom is -0.0329 e. The van der Waals surface area contributed by atoms with E-state index in [0.29, 0.717) is 5.41 Å². The number of hydrogen-bond donors (Lipinski definition) is 0. The van der Waals surface area contributed by atoms with Gasteiger partial charge in [-0.2, -0.15) is 0 Å². The maximum atomic E-state index is 2.44. The molecule has 0 heteroatoms. The van der Waals surface area contributed by atoms with Crippen LogP contribution in [0.1, 0.15) is 68.7 Å². The lowest BCUT2D eigenvalue weighted by atomic mass is 9.69. The Morgan fingerprint density at radius 3 is 1.50 bits per heavy atom. The van der Waals surface area contributed by atoms with Gasteiger partial charge in [-0.05, 0) is 41.4 Å². The smallest absolute Gasteiger partial charge is 0.0329 e. The minimum atomic E-state index is 0.477. The Labute approximate surface area is 104 Å². The molecule has 0 aliphatic heterocycles. The van der Waals surface area contributed by atoms with E-state index < -0.39 is 0 Å². The van der Waals surface area contributed by atoms with Gasteiger partial charge in [0.25, 0.3) is 0 Å². The van der Waals surface area contributed by atoms with Crippen LogP contribution in [0, 0.1) is 35.0 Å². The van der Waals surface area contributed by atoms with Crippen molar-refractivity contribution in [3.63, 3.8) is 0 Å². The van der Waals surface area contributed by atoms with Gasteiger partial charge >= 0.3 is 0 Å². The van der Waals surface area contributed by atoms with E-state index in [2.05, 4.69) is 62.3 Å². The van der Waals surface area contributed by atoms with E-state index in [1.54, 1.807) is 0 Å². The molecule has 3 atom stereocenters. The second-order valence-corrected chi connectivity index (χ2v) is 7.29. The molecule has 0 bridgehead atoms. The van der Waals surface area contributed by atoms with Crippen molar-refractivity contribution in [2.75, 3.05) is 0 Å². The predicted octanol–water partition coefficient (Wildman–Crippen LogP) is 5.62. The highest BCUT2D eigenvalue weighted by atomic mass is 14.3. The summed E-state index contributed by atoms with van der Waals surface area (Å²) in [7, 11) is 0. The third-order valence-corrected chi connectivity index (χ3v) is 5.19. The Morgan fingerprint density at radius 2 is 1.19 bits per heavy atom. The van der Waals surface area contributed by atoms with E-state index in [9.17, 15) is 0 Å². The summed E-state index contributed by atoms with van der Waals surface area (Å²) >= 11 is 0. The topological polar surface area (TPSA) is 0 Å². The third kappa shape index (κ3) is 4.47. The highest BCUT2D eigenvalue weighted by Crippen LogP contribution is 2.38. The lowest BCUT2D eigenvalue weighted by Crippen LogP contribution is -2.28. The lowest BCUT2D eigenvalue weighted by molar-refractivity contribution is 0.132. The van der Waals surface area contributed by atoms with E-state index in [1.807, 2.05) is 0 Å². The fraction of sp³-hybridized carbons (Fsp3) is 1.00. The molecule has 0 saturated heterocycles. The normalized spacial score (nSPS) is 18.9. The van der Waals surface area contributed by atoms with E-state index in [0.717, 1.165) is 29.6 Å². The monoisotopic (exact) mass is 226 g/mol. The van der Waals surface area contributed by atoms with Gasteiger partial charge in [-0.1, -0.05) is 62.3 Å². The summed E-state index contributed by atoms with van der Waals surface area (Å²) in [5.41, 5.74) is 0.477. The van der Waals surface area contributed by atoms with Crippen LogP contribution >= 0.6 is 0 Å². The van der Waals surface area contributed by atoms with Gasteiger partial charge in [-0.3, -0.25) is 0 Å². The number of hydrogen-bond acceptors (Lipinski definition) is 0. The largest absolute Gasteiger partial charge is 0.0625 e. The summed E-state index contributed by atoms with van der Waals surface area (Å²) in [5.74, 6) is 4.07. The molecule has 0 spiro atoms. The molecule has 0 aliphatic rings. The predicted molar refractivity (Wildman–Crippen MR) is 75.6 cm³/mol. The maximum absolute atomic E-state index is 2.44. The van der Waals surface area contributed by atoms with Crippen LogP contribution in [0.4, 0.5) is 0 Å². The van der Waals surface area contributed by atoms with Crippen LogP contribution in [0.25, 0.3) is 0 Å². The zero-order valence-corrected chi connectivity index (χ0v) is 13.1. The van der Waals surface area contributed by atoms with E-state index >= 15 is 0 Å². The molecule has 0 aromatic carbocycles. The molecule has 0 aromatic heterocycles. The van der Waals surface area contributed by atoms with Crippen molar-refractivity contribution in [1.82, 2.24) is 0 Å². The van der Waals surface area contributed by atoms with Crippen LogP contribution in [0.5, 0.6) is 0 Å². The minimum absolute atomic E-state index is 0.477. The first-order chi connectivity index (χ1) is 7.09. The zero-order valence-electron chi connectivity index (χ0n) is 13.1. The Balaban J connectivity index is 4.41. The quantitative estimate of drug-likeness (QED) is 0.551. The average Bonchev–Trinajstić information content (AvgIpc) is 2.14. The third-order valence-electron chi connectivity index (χ3n) is 5.19. The molecule has 0 radical (unpaired) electrons. The standard InChI is InChI=1S/C16H34/c1-11(2)14(6)15(7)13(5)10-16(8,9)12(3)4/h11-15H,10H2,1-9H3. The van der Waals surface area contributed by atoms with Gasteiger partial charge < -0.3 is 0 Å². The van der Waals surface area contributed by atoms with E-state index in [4.69, 9.17) is 0 Å². The van der Waals surface area contributed by atoms with Gasteiger partial charge in [0.05, 0.1) is 0 Å². The van der Waals surface area contributed by atoms with Gasteiger partial charge in [0.1, 0.15) is 0 Å². The van der Waals surface area contributed by atoms with Crippen molar-refractivity contribution in [1.29, 1.82) is 0 Å². The molecular weight excluding hydrogens is 192 g/mol. The summed E-state index contributed by atoms with van der Waals surface area (Å²) in [6.45, 7) is 21.5. The highest BCUT2D eigenvalue weighted by molar-refractivity contribution is 4.79. The van der Waals surface area contributed by atoms with Crippen LogP contribution in [-0.2, 0) is 0 Å².